The highest BCUT2D eigenvalue weighted by Gasteiger charge is 2.04. The second kappa shape index (κ2) is 8.81. The van der Waals surface area contributed by atoms with E-state index in [0.29, 0.717) is 0 Å². The first-order valence-electron chi connectivity index (χ1n) is 9.44. The number of nitrogens with zero attached hydrogens (tertiary/aromatic N) is 1. The summed E-state index contributed by atoms with van der Waals surface area (Å²) in [6.07, 6.45) is 8.82. The number of allylic oxidation sites excluding steroid dienone is 2. The smallest absolute Gasteiger partial charge is 0.248 e. The van der Waals surface area contributed by atoms with E-state index in [1.54, 1.807) is 24.5 Å². The molecule has 1 heterocycles. The second-order valence-electron chi connectivity index (χ2n) is 6.56. The first kappa shape index (κ1) is 18.4. The van der Waals surface area contributed by atoms with Crippen LogP contribution in [0.5, 0.6) is 0 Å². The zero-order valence-electron chi connectivity index (χ0n) is 15.8. The van der Waals surface area contributed by atoms with Gasteiger partial charge < -0.3 is 5.32 Å². The van der Waals surface area contributed by atoms with E-state index in [1.165, 1.54) is 0 Å². The van der Waals surface area contributed by atoms with E-state index in [-0.39, 0.29) is 5.91 Å². The third-order valence-electron chi connectivity index (χ3n) is 4.62. The molecule has 0 unspecified atom stereocenters. The predicted molar refractivity (Wildman–Crippen MR) is 119 cm³/mol. The molecule has 0 aliphatic carbocycles. The molecule has 29 heavy (non-hydrogen) atoms. The quantitative estimate of drug-likeness (QED) is 0.350. The summed E-state index contributed by atoms with van der Waals surface area (Å²) >= 11 is 0. The topological polar surface area (TPSA) is 42.0 Å². The minimum absolute atomic E-state index is 0.175. The fourth-order valence-corrected chi connectivity index (χ4v) is 3.23. The van der Waals surface area contributed by atoms with Crippen LogP contribution in [0.2, 0.25) is 0 Å². The minimum atomic E-state index is -0.175. The summed E-state index contributed by atoms with van der Waals surface area (Å²) in [5.41, 5.74) is 4.04. The van der Waals surface area contributed by atoms with Crippen molar-refractivity contribution < 1.29 is 4.79 Å². The lowest BCUT2D eigenvalue weighted by Crippen LogP contribution is -2.08. The molecule has 0 spiro atoms. The van der Waals surface area contributed by atoms with Crippen LogP contribution in [0.1, 0.15) is 11.1 Å². The predicted octanol–water partition coefficient (Wildman–Crippen LogP) is 5.86. The van der Waals surface area contributed by atoms with Gasteiger partial charge in [-0.15, -0.1) is 0 Å². The normalized spacial score (nSPS) is 10.8. The molecule has 3 aromatic carbocycles. The monoisotopic (exact) mass is 376 g/mol. The molecule has 3 heteroatoms. The second-order valence-corrected chi connectivity index (χ2v) is 6.56. The number of nitrogens with one attached hydrogen (secondary N) is 1. The molecule has 0 saturated carbocycles. The first-order chi connectivity index (χ1) is 14.3. The highest BCUT2D eigenvalue weighted by Crippen LogP contribution is 2.24. The molecule has 0 bridgehead atoms. The van der Waals surface area contributed by atoms with Crippen molar-refractivity contribution in [2.24, 2.45) is 0 Å². The molecule has 0 atom stereocenters. The van der Waals surface area contributed by atoms with Crippen LogP contribution in [0.4, 0.5) is 5.69 Å². The van der Waals surface area contributed by atoms with E-state index < -0.39 is 0 Å². The summed E-state index contributed by atoms with van der Waals surface area (Å²) in [6.45, 7) is 0. The molecular formula is C26H20N2O. The lowest BCUT2D eigenvalue weighted by molar-refractivity contribution is -0.111. The number of aromatic nitrogens is 1. The first-order valence-corrected chi connectivity index (χ1v) is 9.44. The Kier molecular flexibility index (Phi) is 5.58. The van der Waals surface area contributed by atoms with E-state index >= 15 is 0 Å². The standard InChI is InChI=1S/C26H20N2O/c29-26(28-25-15-7-13-22-19-27-18-17-24(22)25)16-8-14-23(20-9-3-1-4-10-20)21-11-5-2-6-12-21/h1-19H,(H,28,29). The molecule has 0 saturated heterocycles. The lowest BCUT2D eigenvalue weighted by atomic mass is 9.97. The molecule has 0 radical (unpaired) electrons. The van der Waals surface area contributed by atoms with Gasteiger partial charge in [-0.05, 0) is 28.8 Å². The van der Waals surface area contributed by atoms with Gasteiger partial charge in [-0.1, -0.05) is 84.9 Å². The molecule has 1 aromatic heterocycles. The fraction of sp³-hybridized carbons (Fsp3) is 0. The zero-order chi connectivity index (χ0) is 19.9. The Morgan fingerprint density at radius 3 is 2.17 bits per heavy atom. The molecule has 3 nitrogen and oxygen atoms in total. The molecule has 0 fully saturated rings. The van der Waals surface area contributed by atoms with Crippen LogP contribution in [0.15, 0.2) is 116 Å². The van der Waals surface area contributed by atoms with E-state index in [1.807, 2.05) is 66.7 Å². The van der Waals surface area contributed by atoms with Gasteiger partial charge in [0.15, 0.2) is 0 Å². The van der Waals surface area contributed by atoms with Gasteiger partial charge in [-0.25, -0.2) is 0 Å². The van der Waals surface area contributed by atoms with Gasteiger partial charge in [0.05, 0.1) is 0 Å². The third-order valence-corrected chi connectivity index (χ3v) is 4.62. The van der Waals surface area contributed by atoms with E-state index in [2.05, 4.69) is 34.6 Å². The van der Waals surface area contributed by atoms with Gasteiger partial charge in [-0.3, -0.25) is 9.78 Å². The maximum absolute atomic E-state index is 12.5. The Morgan fingerprint density at radius 2 is 1.48 bits per heavy atom. The largest absolute Gasteiger partial charge is 0.322 e. The Morgan fingerprint density at radius 1 is 0.793 bits per heavy atom. The average molecular weight is 376 g/mol. The number of pyridine rings is 1. The SMILES string of the molecule is O=C(C=CC=C(c1ccccc1)c1ccccc1)Nc1cccc2cnccc12. The maximum Gasteiger partial charge on any atom is 0.248 e. The number of hydrogen-bond donors (Lipinski definition) is 1. The number of carbonyl (C=O) groups is 1. The van der Waals surface area contributed by atoms with Crippen molar-refractivity contribution in [1.82, 2.24) is 4.98 Å². The molecule has 0 aliphatic heterocycles. The van der Waals surface area contributed by atoms with Gasteiger partial charge in [0.1, 0.15) is 0 Å². The number of carbonyl (C=O) groups excluding carboxylic acids is 1. The summed E-state index contributed by atoms with van der Waals surface area (Å²) in [5.74, 6) is -0.175. The average Bonchev–Trinajstić information content (AvgIpc) is 2.78. The number of amides is 1. The van der Waals surface area contributed by atoms with Gasteiger partial charge in [0.25, 0.3) is 0 Å². The van der Waals surface area contributed by atoms with Gasteiger partial charge in [-0.2, -0.15) is 0 Å². The summed E-state index contributed by atoms with van der Waals surface area (Å²) in [7, 11) is 0. The van der Waals surface area contributed by atoms with Crippen molar-refractivity contribution in [3.05, 3.63) is 127 Å². The van der Waals surface area contributed by atoms with E-state index in [0.717, 1.165) is 33.2 Å². The molecule has 1 amide bonds. The molecule has 1 N–H and O–H groups in total. The number of benzene rings is 3. The van der Waals surface area contributed by atoms with Crippen molar-refractivity contribution in [2.75, 3.05) is 5.32 Å². The van der Waals surface area contributed by atoms with Crippen LogP contribution in [-0.2, 0) is 4.79 Å². The Labute approximate surface area is 170 Å². The van der Waals surface area contributed by atoms with Crippen LogP contribution >= 0.6 is 0 Å². The van der Waals surface area contributed by atoms with Crippen molar-refractivity contribution in [3.63, 3.8) is 0 Å². The number of hydrogen-bond acceptors (Lipinski definition) is 2. The molecular weight excluding hydrogens is 356 g/mol. The third kappa shape index (κ3) is 4.47. The molecule has 140 valence electrons. The molecule has 4 aromatic rings. The Balaban J connectivity index is 1.57. The van der Waals surface area contributed by atoms with Gasteiger partial charge in [0.2, 0.25) is 5.91 Å². The Hall–Kier alpha value is -3.98. The van der Waals surface area contributed by atoms with Gasteiger partial charge >= 0.3 is 0 Å². The summed E-state index contributed by atoms with van der Waals surface area (Å²) in [6, 6.07) is 28.0. The maximum atomic E-state index is 12.5. The summed E-state index contributed by atoms with van der Waals surface area (Å²) < 4.78 is 0. The van der Waals surface area contributed by atoms with Crippen molar-refractivity contribution in [1.29, 1.82) is 0 Å². The van der Waals surface area contributed by atoms with E-state index in [9.17, 15) is 4.79 Å². The number of rotatable bonds is 5. The highest BCUT2D eigenvalue weighted by molar-refractivity contribution is 6.06. The summed E-state index contributed by atoms with van der Waals surface area (Å²) in [4.78, 5) is 16.6. The van der Waals surface area contributed by atoms with E-state index in [4.69, 9.17) is 0 Å². The van der Waals surface area contributed by atoms with Crippen molar-refractivity contribution in [2.45, 2.75) is 0 Å². The lowest BCUT2D eigenvalue weighted by Gasteiger charge is -2.08. The van der Waals surface area contributed by atoms with Crippen LogP contribution in [-0.4, -0.2) is 10.9 Å². The van der Waals surface area contributed by atoms with Crippen molar-refractivity contribution in [3.8, 4) is 0 Å². The zero-order valence-corrected chi connectivity index (χ0v) is 15.8. The summed E-state index contributed by atoms with van der Waals surface area (Å²) in [5, 5.41) is 4.91. The van der Waals surface area contributed by atoms with Gasteiger partial charge in [0, 0.05) is 34.9 Å². The number of anilines is 1. The van der Waals surface area contributed by atoms with Crippen molar-refractivity contribution >= 4 is 27.9 Å². The highest BCUT2D eigenvalue weighted by atomic mass is 16.1. The van der Waals surface area contributed by atoms with Crippen LogP contribution in [0, 0.1) is 0 Å². The minimum Gasteiger partial charge on any atom is -0.322 e. The molecule has 0 aliphatic rings. The van der Waals surface area contributed by atoms with Crippen LogP contribution < -0.4 is 5.32 Å². The molecule has 4 rings (SSSR count). The Bertz CT molecular complexity index is 1130. The number of fused-ring (bicyclic) bond motifs is 1. The van der Waals surface area contributed by atoms with Crippen LogP contribution in [0.25, 0.3) is 16.3 Å². The fourth-order valence-electron chi connectivity index (χ4n) is 3.23. The van der Waals surface area contributed by atoms with Crippen LogP contribution in [0.3, 0.4) is 0 Å².